The van der Waals surface area contributed by atoms with Crippen LogP contribution in [-0.4, -0.2) is 23.4 Å². The summed E-state index contributed by atoms with van der Waals surface area (Å²) in [4.78, 5) is 11.7. The first-order valence-electron chi connectivity index (χ1n) is 7.60. The number of hydrogen-bond donors (Lipinski definition) is 2. The molecule has 0 spiro atoms. The molecule has 0 aliphatic carbocycles. The van der Waals surface area contributed by atoms with E-state index in [2.05, 4.69) is 19.7 Å². The van der Waals surface area contributed by atoms with Gasteiger partial charge >= 0.3 is 0 Å². The van der Waals surface area contributed by atoms with Crippen LogP contribution < -0.4 is 4.72 Å². The first kappa shape index (κ1) is 15.3. The molecule has 0 saturated carbocycles. The van der Waals surface area contributed by atoms with Crippen molar-refractivity contribution in [1.29, 1.82) is 0 Å². The number of pyridine rings is 1. The number of nitrogens with one attached hydrogen (secondary N) is 2. The molecule has 0 aliphatic heterocycles. The van der Waals surface area contributed by atoms with Crippen molar-refractivity contribution < 1.29 is 8.42 Å². The topological polar surface area (TPSA) is 87.7 Å². The number of aromatic nitrogens is 3. The summed E-state index contributed by atoms with van der Waals surface area (Å²) in [6, 6.07) is 17.9. The van der Waals surface area contributed by atoms with E-state index in [9.17, 15) is 8.42 Å². The van der Waals surface area contributed by atoms with E-state index >= 15 is 0 Å². The van der Waals surface area contributed by atoms with Gasteiger partial charge in [0.15, 0.2) is 0 Å². The first-order chi connectivity index (χ1) is 12.1. The maximum absolute atomic E-state index is 12.6. The van der Waals surface area contributed by atoms with Crippen molar-refractivity contribution in [2.24, 2.45) is 0 Å². The van der Waals surface area contributed by atoms with Crippen molar-refractivity contribution in [3.8, 4) is 11.4 Å². The number of para-hydroxylation sites is 3. The number of sulfonamides is 1. The van der Waals surface area contributed by atoms with Gasteiger partial charge in [-0.05, 0) is 36.4 Å². The van der Waals surface area contributed by atoms with E-state index in [1.54, 1.807) is 18.2 Å². The van der Waals surface area contributed by atoms with Crippen LogP contribution in [0.4, 0.5) is 5.69 Å². The number of benzene rings is 2. The predicted molar refractivity (Wildman–Crippen MR) is 96.6 cm³/mol. The van der Waals surface area contributed by atoms with Crippen molar-refractivity contribution in [3.05, 3.63) is 73.1 Å². The Labute approximate surface area is 144 Å². The zero-order chi connectivity index (χ0) is 17.3. The SMILES string of the molecule is O=S(=O)(Nc1ccccc1-c1nc2ccccc2[nH]1)c1cccnc1. The van der Waals surface area contributed by atoms with E-state index in [-0.39, 0.29) is 4.90 Å². The Bertz CT molecular complexity index is 1100. The van der Waals surface area contributed by atoms with Crippen LogP contribution in [0.5, 0.6) is 0 Å². The Morgan fingerprint density at radius 3 is 2.52 bits per heavy atom. The molecule has 2 aromatic carbocycles. The molecule has 0 fully saturated rings. The lowest BCUT2D eigenvalue weighted by Gasteiger charge is -2.11. The summed E-state index contributed by atoms with van der Waals surface area (Å²) in [6.45, 7) is 0. The van der Waals surface area contributed by atoms with Crippen LogP contribution in [0.1, 0.15) is 0 Å². The van der Waals surface area contributed by atoms with Gasteiger partial charge in [-0.2, -0.15) is 0 Å². The van der Waals surface area contributed by atoms with Crippen molar-refractivity contribution >= 4 is 26.7 Å². The van der Waals surface area contributed by atoms with Crippen LogP contribution in [-0.2, 0) is 10.0 Å². The fourth-order valence-electron chi connectivity index (χ4n) is 2.57. The molecule has 0 atom stereocenters. The number of anilines is 1. The van der Waals surface area contributed by atoms with E-state index < -0.39 is 10.0 Å². The molecule has 2 heterocycles. The van der Waals surface area contributed by atoms with Crippen molar-refractivity contribution in [3.63, 3.8) is 0 Å². The van der Waals surface area contributed by atoms with Gasteiger partial charge in [0.05, 0.1) is 16.7 Å². The minimum atomic E-state index is -3.73. The molecule has 7 heteroatoms. The zero-order valence-corrected chi connectivity index (χ0v) is 13.9. The standard InChI is InChI=1S/C18H14N4O2S/c23-25(24,13-6-5-11-19-12-13)22-15-8-2-1-7-14(15)18-20-16-9-3-4-10-17(16)21-18/h1-12,22H,(H,20,21). The highest BCUT2D eigenvalue weighted by Crippen LogP contribution is 2.29. The maximum atomic E-state index is 12.6. The van der Waals surface area contributed by atoms with Crippen LogP contribution in [0.25, 0.3) is 22.4 Å². The minimum absolute atomic E-state index is 0.106. The van der Waals surface area contributed by atoms with Crippen LogP contribution in [0.3, 0.4) is 0 Å². The summed E-state index contributed by atoms with van der Waals surface area (Å²) in [5, 5.41) is 0. The van der Waals surface area contributed by atoms with E-state index in [4.69, 9.17) is 0 Å². The fourth-order valence-corrected chi connectivity index (χ4v) is 3.61. The van der Waals surface area contributed by atoms with Gasteiger partial charge in [0.25, 0.3) is 10.0 Å². The highest BCUT2D eigenvalue weighted by atomic mass is 32.2. The second-order valence-electron chi connectivity index (χ2n) is 5.44. The van der Waals surface area contributed by atoms with Gasteiger partial charge in [0, 0.05) is 18.0 Å². The molecule has 0 amide bonds. The quantitative estimate of drug-likeness (QED) is 0.590. The Hall–Kier alpha value is -3.19. The van der Waals surface area contributed by atoms with Gasteiger partial charge < -0.3 is 4.98 Å². The minimum Gasteiger partial charge on any atom is -0.338 e. The Kier molecular flexibility index (Phi) is 3.70. The molecule has 0 bridgehead atoms. The Balaban J connectivity index is 1.77. The van der Waals surface area contributed by atoms with Crippen molar-refractivity contribution in [2.75, 3.05) is 4.72 Å². The predicted octanol–water partition coefficient (Wildman–Crippen LogP) is 3.43. The molecule has 25 heavy (non-hydrogen) atoms. The van der Waals surface area contributed by atoms with Crippen molar-refractivity contribution in [1.82, 2.24) is 15.0 Å². The van der Waals surface area contributed by atoms with E-state index in [1.165, 1.54) is 18.5 Å². The molecule has 2 N–H and O–H groups in total. The number of H-pyrrole nitrogens is 1. The van der Waals surface area contributed by atoms with Gasteiger partial charge in [-0.1, -0.05) is 24.3 Å². The largest absolute Gasteiger partial charge is 0.338 e. The number of fused-ring (bicyclic) bond motifs is 1. The first-order valence-corrected chi connectivity index (χ1v) is 9.09. The smallest absolute Gasteiger partial charge is 0.263 e. The number of aromatic amines is 1. The second-order valence-corrected chi connectivity index (χ2v) is 7.12. The van der Waals surface area contributed by atoms with Crippen molar-refractivity contribution in [2.45, 2.75) is 4.90 Å². The van der Waals surface area contributed by atoms with Crippen LogP contribution in [0.15, 0.2) is 78.0 Å². The molecule has 6 nitrogen and oxygen atoms in total. The third-order valence-electron chi connectivity index (χ3n) is 3.76. The maximum Gasteiger partial charge on any atom is 0.263 e. The summed E-state index contributed by atoms with van der Waals surface area (Å²) < 4.78 is 27.8. The molecule has 0 saturated heterocycles. The second kappa shape index (κ2) is 6.03. The summed E-state index contributed by atoms with van der Waals surface area (Å²) >= 11 is 0. The number of hydrogen-bond acceptors (Lipinski definition) is 4. The highest BCUT2D eigenvalue weighted by molar-refractivity contribution is 7.92. The van der Waals surface area contributed by atoms with Crippen LogP contribution in [0.2, 0.25) is 0 Å². The van der Waals surface area contributed by atoms with E-state index in [0.29, 0.717) is 17.1 Å². The average molecular weight is 350 g/mol. The van der Waals surface area contributed by atoms with E-state index in [1.807, 2.05) is 36.4 Å². The lowest BCUT2D eigenvalue weighted by Crippen LogP contribution is -2.13. The summed E-state index contributed by atoms with van der Waals surface area (Å²) in [7, 11) is -3.73. The molecular weight excluding hydrogens is 336 g/mol. The van der Waals surface area contributed by atoms with Gasteiger partial charge in [-0.15, -0.1) is 0 Å². The lowest BCUT2D eigenvalue weighted by atomic mass is 10.2. The van der Waals surface area contributed by atoms with Gasteiger partial charge in [-0.25, -0.2) is 13.4 Å². The molecule has 4 rings (SSSR count). The Morgan fingerprint density at radius 1 is 0.920 bits per heavy atom. The fraction of sp³-hybridized carbons (Fsp3) is 0. The van der Waals surface area contributed by atoms with Crippen LogP contribution >= 0.6 is 0 Å². The molecule has 0 unspecified atom stereocenters. The zero-order valence-electron chi connectivity index (χ0n) is 13.0. The number of nitrogens with zero attached hydrogens (tertiary/aromatic N) is 2. The van der Waals surface area contributed by atoms with Gasteiger partial charge in [0.1, 0.15) is 10.7 Å². The third-order valence-corrected chi connectivity index (χ3v) is 5.11. The van der Waals surface area contributed by atoms with Gasteiger partial charge in [0.2, 0.25) is 0 Å². The van der Waals surface area contributed by atoms with E-state index in [0.717, 1.165) is 11.0 Å². The molecular formula is C18H14N4O2S. The molecule has 124 valence electrons. The van der Waals surface area contributed by atoms with Gasteiger partial charge in [-0.3, -0.25) is 9.71 Å². The number of rotatable bonds is 4. The highest BCUT2D eigenvalue weighted by Gasteiger charge is 2.17. The number of imidazole rings is 1. The Morgan fingerprint density at radius 2 is 1.72 bits per heavy atom. The molecule has 4 aromatic rings. The third kappa shape index (κ3) is 2.97. The monoisotopic (exact) mass is 350 g/mol. The average Bonchev–Trinajstić information content (AvgIpc) is 3.06. The molecule has 0 radical (unpaired) electrons. The lowest BCUT2D eigenvalue weighted by molar-refractivity contribution is 0.601. The van der Waals surface area contributed by atoms with Crippen LogP contribution in [0, 0.1) is 0 Å². The summed E-state index contributed by atoms with van der Waals surface area (Å²) in [5.74, 6) is 0.602. The summed E-state index contributed by atoms with van der Waals surface area (Å²) in [6.07, 6.45) is 2.84. The molecule has 0 aliphatic rings. The summed E-state index contributed by atoms with van der Waals surface area (Å²) in [5.41, 5.74) is 2.83. The normalized spacial score (nSPS) is 11.5. The molecule has 2 aromatic heterocycles.